The number of carboxylic acid groups (broad SMARTS) is 1. The van der Waals surface area contributed by atoms with Crippen LogP contribution in [0.5, 0.6) is 17.2 Å². The Bertz CT molecular complexity index is 1150. The summed E-state index contributed by atoms with van der Waals surface area (Å²) in [6, 6.07) is 12.1. The summed E-state index contributed by atoms with van der Waals surface area (Å²) in [5.41, 5.74) is 2.47. The molecule has 3 aromatic rings. The fraction of sp³-hybridized carbons (Fsp3) is 0.250. The van der Waals surface area contributed by atoms with Gasteiger partial charge in [0.2, 0.25) is 0 Å². The van der Waals surface area contributed by atoms with E-state index < -0.39 is 18.2 Å². The van der Waals surface area contributed by atoms with Crippen molar-refractivity contribution >= 4 is 17.6 Å². The topological polar surface area (TPSA) is 77.9 Å². The van der Waals surface area contributed by atoms with Crippen LogP contribution in [0.3, 0.4) is 0 Å². The van der Waals surface area contributed by atoms with Crippen LogP contribution in [0.2, 0.25) is 5.02 Å². The van der Waals surface area contributed by atoms with Crippen LogP contribution in [0.1, 0.15) is 18.1 Å². The number of nitrogens with zero attached hydrogens (tertiary/aromatic N) is 1. The SMILES string of the molecule is Cc1cc(OCc2cnc(-c3ccc(OC(F)(F)F)cc3)cc2Cl)ccc1OCC(C)C(=O)O. The quantitative estimate of drug-likeness (QED) is 0.376. The molecule has 10 heteroatoms. The molecule has 2 aromatic carbocycles. The van der Waals surface area contributed by atoms with Gasteiger partial charge in [0.1, 0.15) is 30.5 Å². The second-order valence-electron chi connectivity index (χ2n) is 7.50. The predicted octanol–water partition coefficient (Wildman–Crippen LogP) is 6.29. The van der Waals surface area contributed by atoms with Gasteiger partial charge in [-0.3, -0.25) is 9.78 Å². The van der Waals surface area contributed by atoms with E-state index in [-0.39, 0.29) is 19.0 Å². The summed E-state index contributed by atoms with van der Waals surface area (Å²) < 4.78 is 52.1. The Kier molecular flexibility index (Phi) is 7.88. The summed E-state index contributed by atoms with van der Waals surface area (Å²) >= 11 is 6.36. The monoisotopic (exact) mass is 495 g/mol. The van der Waals surface area contributed by atoms with Gasteiger partial charge in [0.25, 0.3) is 0 Å². The Morgan fingerprint density at radius 3 is 2.35 bits per heavy atom. The third kappa shape index (κ3) is 7.02. The van der Waals surface area contributed by atoms with Gasteiger partial charge in [-0.15, -0.1) is 13.2 Å². The van der Waals surface area contributed by atoms with E-state index in [0.717, 1.165) is 5.56 Å². The smallest absolute Gasteiger partial charge is 0.492 e. The minimum absolute atomic E-state index is 0.0576. The number of aromatic nitrogens is 1. The number of halogens is 4. The average molecular weight is 496 g/mol. The molecule has 3 rings (SSSR count). The molecule has 0 spiro atoms. The van der Waals surface area contributed by atoms with Gasteiger partial charge in [0, 0.05) is 17.3 Å². The summed E-state index contributed by atoms with van der Waals surface area (Å²) in [6.07, 6.45) is -3.22. The molecule has 0 aliphatic heterocycles. The van der Waals surface area contributed by atoms with Gasteiger partial charge in [-0.2, -0.15) is 0 Å². The van der Waals surface area contributed by atoms with Crippen molar-refractivity contribution < 1.29 is 37.3 Å². The number of benzene rings is 2. The zero-order valence-electron chi connectivity index (χ0n) is 18.2. The maximum atomic E-state index is 12.3. The van der Waals surface area contributed by atoms with E-state index in [1.165, 1.54) is 30.5 Å². The Balaban J connectivity index is 1.62. The van der Waals surface area contributed by atoms with Crippen molar-refractivity contribution in [2.24, 2.45) is 5.92 Å². The fourth-order valence-electron chi connectivity index (χ4n) is 2.87. The van der Waals surface area contributed by atoms with E-state index in [1.807, 2.05) is 6.92 Å². The van der Waals surface area contributed by atoms with Crippen molar-refractivity contribution in [3.8, 4) is 28.5 Å². The first kappa shape index (κ1) is 25.2. The number of pyridine rings is 1. The molecule has 0 saturated heterocycles. The van der Waals surface area contributed by atoms with Gasteiger partial charge in [-0.05, 0) is 67.9 Å². The molecule has 0 fully saturated rings. The molecule has 0 aliphatic rings. The lowest BCUT2D eigenvalue weighted by Gasteiger charge is -2.14. The Morgan fingerprint density at radius 2 is 1.76 bits per heavy atom. The van der Waals surface area contributed by atoms with Crippen molar-refractivity contribution in [3.63, 3.8) is 0 Å². The normalized spacial score (nSPS) is 12.2. The van der Waals surface area contributed by atoms with Crippen LogP contribution in [-0.4, -0.2) is 29.0 Å². The summed E-state index contributed by atoms with van der Waals surface area (Å²) in [4.78, 5) is 15.2. The van der Waals surface area contributed by atoms with E-state index in [0.29, 0.717) is 33.3 Å². The Morgan fingerprint density at radius 1 is 1.09 bits per heavy atom. The van der Waals surface area contributed by atoms with Crippen LogP contribution >= 0.6 is 11.6 Å². The Labute approximate surface area is 198 Å². The van der Waals surface area contributed by atoms with Gasteiger partial charge in [0.15, 0.2) is 0 Å². The van der Waals surface area contributed by atoms with E-state index >= 15 is 0 Å². The molecule has 1 heterocycles. The third-order valence-corrected chi connectivity index (χ3v) is 5.12. The molecule has 0 saturated carbocycles. The van der Waals surface area contributed by atoms with Crippen molar-refractivity contribution in [1.29, 1.82) is 0 Å². The standard InChI is InChI=1S/C24H21ClF3NO5/c1-14-9-19(7-8-22(14)33-12-15(2)23(30)31)32-13-17-11-29-21(10-20(17)25)16-3-5-18(6-4-16)34-24(26,27)28/h3-11,15H,12-13H2,1-2H3,(H,30,31). The summed E-state index contributed by atoms with van der Waals surface area (Å²) in [7, 11) is 0. The van der Waals surface area contributed by atoms with Gasteiger partial charge in [0.05, 0.1) is 16.6 Å². The molecule has 1 aromatic heterocycles. The van der Waals surface area contributed by atoms with Gasteiger partial charge in [-0.1, -0.05) is 11.6 Å². The third-order valence-electron chi connectivity index (χ3n) is 4.76. The second-order valence-corrected chi connectivity index (χ2v) is 7.91. The highest BCUT2D eigenvalue weighted by Gasteiger charge is 2.31. The van der Waals surface area contributed by atoms with E-state index in [2.05, 4.69) is 9.72 Å². The lowest BCUT2D eigenvalue weighted by molar-refractivity contribution is -0.274. The van der Waals surface area contributed by atoms with Crippen molar-refractivity contribution in [1.82, 2.24) is 4.98 Å². The average Bonchev–Trinajstić information content (AvgIpc) is 2.76. The van der Waals surface area contributed by atoms with Gasteiger partial charge >= 0.3 is 12.3 Å². The largest absolute Gasteiger partial charge is 0.573 e. The van der Waals surface area contributed by atoms with Crippen molar-refractivity contribution in [3.05, 3.63) is 70.9 Å². The summed E-state index contributed by atoms with van der Waals surface area (Å²) in [5.74, 6) is -0.746. The molecule has 0 bridgehead atoms. The molecule has 0 amide bonds. The zero-order chi connectivity index (χ0) is 24.9. The van der Waals surface area contributed by atoms with E-state index in [9.17, 15) is 18.0 Å². The number of ether oxygens (including phenoxy) is 3. The molecular formula is C24H21ClF3NO5. The number of aryl methyl sites for hydroxylation is 1. The molecule has 1 unspecified atom stereocenters. The minimum atomic E-state index is -4.75. The van der Waals surface area contributed by atoms with Crippen molar-refractivity contribution in [2.45, 2.75) is 26.8 Å². The number of aliphatic carboxylic acids is 1. The van der Waals surface area contributed by atoms with E-state index in [4.69, 9.17) is 26.2 Å². The van der Waals surface area contributed by atoms with Crippen LogP contribution in [0.4, 0.5) is 13.2 Å². The number of rotatable bonds is 9. The highest BCUT2D eigenvalue weighted by atomic mass is 35.5. The number of carbonyl (C=O) groups is 1. The molecule has 34 heavy (non-hydrogen) atoms. The second kappa shape index (κ2) is 10.6. The molecule has 6 nitrogen and oxygen atoms in total. The molecular weight excluding hydrogens is 475 g/mol. The minimum Gasteiger partial charge on any atom is -0.492 e. The lowest BCUT2D eigenvalue weighted by Crippen LogP contribution is -2.18. The fourth-order valence-corrected chi connectivity index (χ4v) is 3.08. The first-order valence-electron chi connectivity index (χ1n) is 10.1. The molecule has 1 N–H and O–H groups in total. The highest BCUT2D eigenvalue weighted by molar-refractivity contribution is 6.31. The first-order chi connectivity index (χ1) is 16.0. The number of carboxylic acids is 1. The highest BCUT2D eigenvalue weighted by Crippen LogP contribution is 2.29. The van der Waals surface area contributed by atoms with Crippen LogP contribution < -0.4 is 14.2 Å². The number of hydrogen-bond donors (Lipinski definition) is 1. The van der Waals surface area contributed by atoms with Crippen LogP contribution in [0.15, 0.2) is 54.7 Å². The molecule has 180 valence electrons. The molecule has 0 aliphatic carbocycles. The number of hydrogen-bond acceptors (Lipinski definition) is 5. The van der Waals surface area contributed by atoms with Crippen LogP contribution in [0.25, 0.3) is 11.3 Å². The van der Waals surface area contributed by atoms with Crippen molar-refractivity contribution in [2.75, 3.05) is 6.61 Å². The Hall–Kier alpha value is -3.46. The molecule has 0 radical (unpaired) electrons. The van der Waals surface area contributed by atoms with Crippen LogP contribution in [0, 0.1) is 12.8 Å². The maximum Gasteiger partial charge on any atom is 0.573 e. The lowest BCUT2D eigenvalue weighted by atomic mass is 10.1. The zero-order valence-corrected chi connectivity index (χ0v) is 19.0. The summed E-state index contributed by atoms with van der Waals surface area (Å²) in [6.45, 7) is 3.58. The van der Waals surface area contributed by atoms with E-state index in [1.54, 1.807) is 31.2 Å². The van der Waals surface area contributed by atoms with Crippen LogP contribution in [-0.2, 0) is 11.4 Å². The van der Waals surface area contributed by atoms with Gasteiger partial charge in [-0.25, -0.2) is 0 Å². The van der Waals surface area contributed by atoms with Gasteiger partial charge < -0.3 is 19.3 Å². The predicted molar refractivity (Wildman–Crippen MR) is 119 cm³/mol. The summed E-state index contributed by atoms with van der Waals surface area (Å²) in [5, 5.41) is 9.33. The number of alkyl halides is 3. The maximum absolute atomic E-state index is 12.3. The molecule has 1 atom stereocenters. The first-order valence-corrected chi connectivity index (χ1v) is 10.5.